The van der Waals surface area contributed by atoms with Crippen LogP contribution in [0.1, 0.15) is 37.4 Å². The van der Waals surface area contributed by atoms with Crippen molar-refractivity contribution in [1.29, 1.82) is 0 Å². The van der Waals surface area contributed by atoms with E-state index in [9.17, 15) is 0 Å². The van der Waals surface area contributed by atoms with E-state index >= 15 is 0 Å². The maximum Gasteiger partial charge on any atom is -1.00 e. The van der Waals surface area contributed by atoms with Gasteiger partial charge in [-0.1, -0.05) is 0 Å². The molecule has 0 nitrogen and oxygen atoms in total. The zero-order valence-corrected chi connectivity index (χ0v) is 21.6. The molecule has 0 aromatic heterocycles. The number of halogens is 3. The second kappa shape index (κ2) is 8.52. The minimum atomic E-state index is -0.853. The Kier molecular flexibility index (Phi) is 6.36. The maximum absolute atomic E-state index is 3.90. The topological polar surface area (TPSA) is 0 Å². The van der Waals surface area contributed by atoms with E-state index in [2.05, 4.69) is 94.8 Å². The third kappa shape index (κ3) is 3.58. The molecule has 6 rings (SSSR count). The molecule has 0 saturated carbocycles. The van der Waals surface area contributed by atoms with Crippen molar-refractivity contribution < 1.29 is 48.0 Å². The first-order valence-electron chi connectivity index (χ1n) is 9.13. The summed E-state index contributed by atoms with van der Waals surface area (Å²) in [6.07, 6.45) is 4.88. The van der Waals surface area contributed by atoms with Gasteiger partial charge in [0.25, 0.3) is 0 Å². The zero-order valence-electron chi connectivity index (χ0n) is 15.2. The molecule has 0 radical (unpaired) electrons. The molecule has 2 atom stereocenters. The minimum absolute atomic E-state index is 0. The second-order valence-electron chi connectivity index (χ2n) is 7.20. The van der Waals surface area contributed by atoms with Crippen molar-refractivity contribution in [1.82, 2.24) is 0 Å². The molecule has 0 saturated heterocycles. The first-order chi connectivity index (χ1) is 13.3. The summed E-state index contributed by atoms with van der Waals surface area (Å²) in [7, 11) is 0. The van der Waals surface area contributed by atoms with Gasteiger partial charge in [-0.15, -0.1) is 0 Å². The molecule has 0 N–H and O–H groups in total. The maximum atomic E-state index is 3.90. The molecule has 0 amide bonds. The molecule has 3 aromatic carbocycles. The van der Waals surface area contributed by atoms with Gasteiger partial charge in [-0.05, 0) is 0 Å². The van der Waals surface area contributed by atoms with Crippen LogP contribution in [0.15, 0.2) is 84.3 Å². The first-order valence-corrected chi connectivity index (χ1v) is 13.4. The Morgan fingerprint density at radius 2 is 1.62 bits per heavy atom. The average molecular weight is 577 g/mol. The quantitative estimate of drug-likeness (QED) is 0.442. The molecule has 2 unspecified atom stereocenters. The van der Waals surface area contributed by atoms with Gasteiger partial charge in [-0.3, -0.25) is 0 Å². The summed E-state index contributed by atoms with van der Waals surface area (Å²) >= 11 is 4.96. The normalized spacial score (nSPS) is 19.5. The first kappa shape index (κ1) is 21.7. The van der Waals surface area contributed by atoms with E-state index < -0.39 is 23.2 Å². The van der Waals surface area contributed by atoms with Gasteiger partial charge < -0.3 is 24.8 Å². The van der Waals surface area contributed by atoms with Crippen LogP contribution < -0.4 is 24.8 Å². The van der Waals surface area contributed by atoms with Crippen molar-refractivity contribution in [2.45, 2.75) is 19.3 Å². The number of hydrogen-bond donors (Lipinski definition) is 0. The van der Waals surface area contributed by atoms with Crippen LogP contribution >= 0.6 is 27.7 Å². The standard InChI is InChI=1S/C15H9S.C9H6Br.2ClH.Zr/c1-3-10-9-11(4-1)16-15-6-2-5-13-12(10)7-8-14(13)15;10-9-5-7-3-1-2-4-8(7)6-9;;;/h1-6,8-9,12H;1-6H;2*1H;/q;;;;+2/p-2. The molecule has 3 aliphatic rings. The third-order valence-corrected chi connectivity index (χ3v) is 12.5. The van der Waals surface area contributed by atoms with Gasteiger partial charge in [0.1, 0.15) is 0 Å². The second-order valence-corrected chi connectivity index (χ2v) is 12.8. The fraction of sp³-hybridized carbons (Fsp3) is 0.0833. The molecule has 3 aromatic rings. The molecule has 29 heavy (non-hydrogen) atoms. The van der Waals surface area contributed by atoms with Crippen molar-refractivity contribution in [3.05, 3.63) is 102 Å². The average Bonchev–Trinajstić information content (AvgIpc) is 3.21. The van der Waals surface area contributed by atoms with E-state index in [1.54, 1.807) is 3.28 Å². The van der Waals surface area contributed by atoms with Gasteiger partial charge in [0.2, 0.25) is 0 Å². The van der Waals surface area contributed by atoms with Crippen LogP contribution in [0.5, 0.6) is 0 Å². The van der Waals surface area contributed by atoms with Gasteiger partial charge in [-0.2, -0.15) is 0 Å². The Morgan fingerprint density at radius 1 is 0.828 bits per heavy atom. The predicted molar refractivity (Wildman–Crippen MR) is 113 cm³/mol. The predicted octanol–water partition coefficient (Wildman–Crippen LogP) is 1.22. The Hall–Kier alpha value is -0.567. The molecule has 0 spiro atoms. The molecule has 5 heteroatoms. The Labute approximate surface area is 207 Å². The molecule has 0 fully saturated rings. The van der Waals surface area contributed by atoms with Gasteiger partial charge >= 0.3 is 185 Å². The number of allylic oxidation sites excluding steroid dienone is 2. The fourth-order valence-corrected chi connectivity index (χ4v) is 10.8. The van der Waals surface area contributed by atoms with Crippen molar-refractivity contribution in [3.8, 4) is 0 Å². The van der Waals surface area contributed by atoms with E-state index in [0.717, 1.165) is 0 Å². The van der Waals surface area contributed by atoms with Gasteiger partial charge in [0.05, 0.1) is 0 Å². The van der Waals surface area contributed by atoms with E-state index in [1.807, 2.05) is 11.8 Å². The zero-order chi connectivity index (χ0) is 18.0. The van der Waals surface area contributed by atoms with Gasteiger partial charge in [0, 0.05) is 0 Å². The summed E-state index contributed by atoms with van der Waals surface area (Å²) in [5, 5.41) is 0. The summed E-state index contributed by atoms with van der Waals surface area (Å²) < 4.78 is 3.67. The molecule has 1 aliphatic heterocycles. The minimum Gasteiger partial charge on any atom is -1.00 e. The molecular weight excluding hydrogens is 562 g/mol. The van der Waals surface area contributed by atoms with Crippen LogP contribution in [0.25, 0.3) is 12.2 Å². The number of benzene rings is 3. The van der Waals surface area contributed by atoms with Crippen molar-refractivity contribution in [2.75, 3.05) is 0 Å². The van der Waals surface area contributed by atoms with Crippen LogP contribution in [-0.4, -0.2) is 0 Å². The largest absolute Gasteiger partial charge is 1.00 e. The number of fused-ring (bicyclic) bond motifs is 4. The molecule has 142 valence electrons. The summed E-state index contributed by atoms with van der Waals surface area (Å²) in [5.74, 6) is 0.459. The van der Waals surface area contributed by atoms with Crippen molar-refractivity contribution in [2.24, 2.45) is 0 Å². The van der Waals surface area contributed by atoms with Crippen LogP contribution in [0.3, 0.4) is 0 Å². The molecule has 6 bridgehead atoms. The van der Waals surface area contributed by atoms with Crippen molar-refractivity contribution >= 4 is 39.8 Å². The Bertz CT molecular complexity index is 1170. The summed E-state index contributed by atoms with van der Waals surface area (Å²) in [6, 6.07) is 25.0. The van der Waals surface area contributed by atoms with Crippen LogP contribution in [0.4, 0.5) is 0 Å². The number of hydrogen-bond acceptors (Lipinski definition) is 1. The Morgan fingerprint density at radius 3 is 2.52 bits per heavy atom. The summed E-state index contributed by atoms with van der Waals surface area (Å²) in [6.45, 7) is 0. The molecule has 1 heterocycles. The van der Waals surface area contributed by atoms with Crippen molar-refractivity contribution in [3.63, 3.8) is 0 Å². The van der Waals surface area contributed by atoms with E-state index in [0.29, 0.717) is 9.54 Å². The molecule has 2 aliphatic carbocycles. The van der Waals surface area contributed by atoms with Gasteiger partial charge in [0.15, 0.2) is 0 Å². The third-order valence-electron chi connectivity index (χ3n) is 5.63. The van der Waals surface area contributed by atoms with E-state index in [-0.39, 0.29) is 24.8 Å². The van der Waals surface area contributed by atoms with Crippen LogP contribution in [-0.2, 0) is 23.2 Å². The summed E-state index contributed by atoms with van der Waals surface area (Å²) in [5.41, 5.74) is 7.37. The van der Waals surface area contributed by atoms with E-state index in [1.165, 1.54) is 42.1 Å². The van der Waals surface area contributed by atoms with Gasteiger partial charge in [-0.25, -0.2) is 0 Å². The fourth-order valence-electron chi connectivity index (χ4n) is 4.43. The SMILES string of the molecule is BrC1=Cc2ccccc2[CH]1[Zr+2][C]1=Cc2c3cccc2C1c1cccc(c1)S3.[Cl-].[Cl-]. The van der Waals surface area contributed by atoms with Crippen LogP contribution in [0.2, 0.25) is 0 Å². The Balaban J connectivity index is 0.00000102. The number of rotatable bonds is 2. The van der Waals surface area contributed by atoms with E-state index in [4.69, 9.17) is 0 Å². The smallest absolute Gasteiger partial charge is 1.00 e. The van der Waals surface area contributed by atoms with Crippen LogP contribution in [0, 0.1) is 0 Å². The monoisotopic (exact) mass is 574 g/mol. The molecular formula is C24H15BrCl2SZr. The summed E-state index contributed by atoms with van der Waals surface area (Å²) in [4.78, 5) is 2.77.